The third-order valence-corrected chi connectivity index (χ3v) is 2.04. The molecule has 1 N–H and O–H groups in total. The molecule has 1 atom stereocenters. The number of hydrogen-bond donors (Lipinski definition) is 1. The van der Waals surface area contributed by atoms with Crippen LogP contribution in [0, 0.1) is 0 Å². The van der Waals surface area contributed by atoms with Crippen molar-refractivity contribution in [1.29, 1.82) is 0 Å². The van der Waals surface area contributed by atoms with Crippen molar-refractivity contribution in [3.63, 3.8) is 0 Å². The van der Waals surface area contributed by atoms with E-state index in [9.17, 15) is 0 Å². The van der Waals surface area contributed by atoms with Crippen molar-refractivity contribution < 1.29 is 14.0 Å². The van der Waals surface area contributed by atoms with Gasteiger partial charge in [0, 0.05) is 19.2 Å². The van der Waals surface area contributed by atoms with E-state index in [-0.39, 0.29) is 6.10 Å². The summed E-state index contributed by atoms with van der Waals surface area (Å²) in [5.41, 5.74) is 0. The molecule has 0 spiro atoms. The Kier molecular flexibility index (Phi) is 3.50. The largest absolute Gasteiger partial charge is 0.373 e. The topological polar surface area (TPSA) is 56.5 Å². The molecule has 1 saturated heterocycles. The zero-order chi connectivity index (χ0) is 9.64. The molecule has 0 radical (unpaired) electrons. The fourth-order valence-corrected chi connectivity index (χ4v) is 1.33. The van der Waals surface area contributed by atoms with E-state index in [1.54, 1.807) is 12.3 Å². The van der Waals surface area contributed by atoms with Crippen LogP contribution in [0.25, 0.3) is 0 Å². The zero-order valence-electron chi connectivity index (χ0n) is 7.94. The Morgan fingerprint density at radius 1 is 1.64 bits per heavy atom. The van der Waals surface area contributed by atoms with Gasteiger partial charge in [0.05, 0.1) is 25.5 Å². The summed E-state index contributed by atoms with van der Waals surface area (Å²) >= 11 is 0. The summed E-state index contributed by atoms with van der Waals surface area (Å²) in [5, 5.41) is 6.83. The van der Waals surface area contributed by atoms with E-state index in [4.69, 9.17) is 14.0 Å². The molecule has 1 fully saturated rings. The monoisotopic (exact) mass is 198 g/mol. The number of aromatic nitrogens is 1. The maximum Gasteiger partial charge on any atom is 0.162 e. The van der Waals surface area contributed by atoms with E-state index < -0.39 is 0 Å². The predicted molar refractivity (Wildman–Crippen MR) is 48.8 cm³/mol. The third-order valence-electron chi connectivity index (χ3n) is 2.04. The molecule has 2 heterocycles. The van der Waals surface area contributed by atoms with Gasteiger partial charge in [0.15, 0.2) is 5.76 Å². The average molecular weight is 198 g/mol. The molecule has 0 aliphatic carbocycles. The van der Waals surface area contributed by atoms with Crippen LogP contribution in [0.15, 0.2) is 16.8 Å². The van der Waals surface area contributed by atoms with Gasteiger partial charge in [-0.05, 0) is 0 Å². The smallest absolute Gasteiger partial charge is 0.162 e. The van der Waals surface area contributed by atoms with Gasteiger partial charge in [-0.15, -0.1) is 0 Å². The molecule has 14 heavy (non-hydrogen) atoms. The van der Waals surface area contributed by atoms with Crippen LogP contribution in [-0.4, -0.2) is 37.6 Å². The second kappa shape index (κ2) is 5.09. The molecule has 78 valence electrons. The minimum Gasteiger partial charge on any atom is -0.373 e. The molecule has 0 saturated carbocycles. The van der Waals surface area contributed by atoms with Crippen LogP contribution in [0.2, 0.25) is 0 Å². The van der Waals surface area contributed by atoms with Crippen molar-refractivity contribution in [3.8, 4) is 0 Å². The van der Waals surface area contributed by atoms with Crippen molar-refractivity contribution >= 4 is 0 Å². The molecule has 1 aliphatic rings. The Morgan fingerprint density at radius 3 is 3.36 bits per heavy atom. The van der Waals surface area contributed by atoms with Gasteiger partial charge in [-0.3, -0.25) is 0 Å². The summed E-state index contributed by atoms with van der Waals surface area (Å²) in [7, 11) is 0. The molecule has 0 bridgehead atoms. The maximum atomic E-state index is 5.46. The fourth-order valence-electron chi connectivity index (χ4n) is 1.33. The Bertz CT molecular complexity index is 245. The van der Waals surface area contributed by atoms with E-state index in [0.717, 1.165) is 25.5 Å². The van der Waals surface area contributed by atoms with Gasteiger partial charge in [0.1, 0.15) is 6.61 Å². The molecule has 5 heteroatoms. The SMILES string of the molecule is c1cc(COCC2CNCCO2)on1. The number of nitrogens with zero attached hydrogens (tertiary/aromatic N) is 1. The lowest BCUT2D eigenvalue weighted by Gasteiger charge is -2.23. The lowest BCUT2D eigenvalue weighted by molar-refractivity contribution is -0.0390. The van der Waals surface area contributed by atoms with E-state index >= 15 is 0 Å². The lowest BCUT2D eigenvalue weighted by atomic mass is 10.3. The summed E-state index contributed by atoms with van der Waals surface area (Å²) < 4.78 is 15.8. The predicted octanol–water partition coefficient (Wildman–Crippen LogP) is 0.180. The van der Waals surface area contributed by atoms with Crippen LogP contribution in [0.4, 0.5) is 0 Å². The van der Waals surface area contributed by atoms with Crippen LogP contribution in [0.1, 0.15) is 5.76 Å². The Morgan fingerprint density at radius 2 is 2.64 bits per heavy atom. The third kappa shape index (κ3) is 2.80. The summed E-state index contributed by atoms with van der Waals surface area (Å²) in [5.74, 6) is 0.744. The van der Waals surface area contributed by atoms with Crippen LogP contribution < -0.4 is 5.32 Å². The highest BCUT2D eigenvalue weighted by atomic mass is 16.5. The van der Waals surface area contributed by atoms with Gasteiger partial charge < -0.3 is 19.3 Å². The van der Waals surface area contributed by atoms with Crippen molar-refractivity contribution in [1.82, 2.24) is 10.5 Å². The lowest BCUT2D eigenvalue weighted by Crippen LogP contribution is -2.40. The van der Waals surface area contributed by atoms with E-state index in [0.29, 0.717) is 13.2 Å². The highest BCUT2D eigenvalue weighted by Crippen LogP contribution is 2.02. The number of nitrogens with one attached hydrogen (secondary N) is 1. The normalized spacial score (nSPS) is 22.4. The van der Waals surface area contributed by atoms with E-state index in [1.807, 2.05) is 0 Å². The summed E-state index contributed by atoms with van der Waals surface area (Å²) in [6.07, 6.45) is 1.77. The van der Waals surface area contributed by atoms with Crippen molar-refractivity contribution in [2.75, 3.05) is 26.3 Å². The molecular formula is C9H14N2O3. The highest BCUT2D eigenvalue weighted by molar-refractivity contribution is 4.90. The molecule has 2 rings (SSSR count). The minimum absolute atomic E-state index is 0.159. The second-order valence-corrected chi connectivity index (χ2v) is 3.19. The van der Waals surface area contributed by atoms with Crippen LogP contribution in [-0.2, 0) is 16.1 Å². The van der Waals surface area contributed by atoms with Gasteiger partial charge in [0.2, 0.25) is 0 Å². The molecule has 1 aromatic rings. The average Bonchev–Trinajstić information content (AvgIpc) is 2.72. The molecule has 5 nitrogen and oxygen atoms in total. The first-order chi connectivity index (χ1) is 6.95. The minimum atomic E-state index is 0.159. The van der Waals surface area contributed by atoms with Gasteiger partial charge in [-0.1, -0.05) is 5.16 Å². The quantitative estimate of drug-likeness (QED) is 0.748. The second-order valence-electron chi connectivity index (χ2n) is 3.19. The molecule has 1 aromatic heterocycles. The summed E-state index contributed by atoms with van der Waals surface area (Å²) in [6.45, 7) is 3.60. The van der Waals surface area contributed by atoms with Crippen molar-refractivity contribution in [2.24, 2.45) is 0 Å². The standard InChI is InChI=1S/C9H14N2O3/c1-2-11-14-8(1)6-12-7-9-5-10-3-4-13-9/h1-2,9-10H,3-7H2. The fraction of sp³-hybridized carbons (Fsp3) is 0.667. The number of rotatable bonds is 4. The van der Waals surface area contributed by atoms with Crippen molar-refractivity contribution in [3.05, 3.63) is 18.0 Å². The number of morpholine rings is 1. The Labute approximate surface area is 82.4 Å². The number of hydrogen-bond acceptors (Lipinski definition) is 5. The first-order valence-corrected chi connectivity index (χ1v) is 4.75. The molecular weight excluding hydrogens is 184 g/mol. The maximum absolute atomic E-state index is 5.46. The number of ether oxygens (including phenoxy) is 2. The van der Waals surface area contributed by atoms with Gasteiger partial charge in [-0.2, -0.15) is 0 Å². The Hall–Kier alpha value is -0.910. The van der Waals surface area contributed by atoms with Gasteiger partial charge >= 0.3 is 0 Å². The van der Waals surface area contributed by atoms with E-state index in [2.05, 4.69) is 10.5 Å². The Balaban J connectivity index is 1.62. The molecule has 1 unspecified atom stereocenters. The molecule has 0 aromatic carbocycles. The molecule has 0 amide bonds. The van der Waals surface area contributed by atoms with Gasteiger partial charge in [-0.25, -0.2) is 0 Å². The van der Waals surface area contributed by atoms with E-state index in [1.165, 1.54) is 0 Å². The summed E-state index contributed by atoms with van der Waals surface area (Å²) in [4.78, 5) is 0. The van der Waals surface area contributed by atoms with Crippen LogP contribution in [0.3, 0.4) is 0 Å². The summed E-state index contributed by atoms with van der Waals surface area (Å²) in [6, 6.07) is 1.79. The zero-order valence-corrected chi connectivity index (χ0v) is 7.94. The van der Waals surface area contributed by atoms with Crippen molar-refractivity contribution in [2.45, 2.75) is 12.7 Å². The highest BCUT2D eigenvalue weighted by Gasteiger charge is 2.13. The van der Waals surface area contributed by atoms with Gasteiger partial charge in [0.25, 0.3) is 0 Å². The molecule has 1 aliphatic heterocycles. The van der Waals surface area contributed by atoms with Crippen LogP contribution >= 0.6 is 0 Å². The first-order valence-electron chi connectivity index (χ1n) is 4.75. The first kappa shape index (κ1) is 9.64. The van der Waals surface area contributed by atoms with Crippen LogP contribution in [0.5, 0.6) is 0 Å².